The Morgan fingerprint density at radius 1 is 1.07 bits per heavy atom. The predicted molar refractivity (Wildman–Crippen MR) is 114 cm³/mol. The maximum absolute atomic E-state index is 12.4. The number of nitrogens with zero attached hydrogens (tertiary/aromatic N) is 1. The lowest BCUT2D eigenvalue weighted by atomic mass is 10.0. The molecule has 2 aromatic heterocycles. The molecule has 6 heteroatoms. The van der Waals surface area contributed by atoms with Crippen LogP contribution in [0.15, 0.2) is 57.9 Å². The second-order valence-corrected chi connectivity index (χ2v) is 7.22. The summed E-state index contributed by atoms with van der Waals surface area (Å²) in [4.78, 5) is 27.8. The summed E-state index contributed by atoms with van der Waals surface area (Å²) in [6, 6.07) is 13.6. The van der Waals surface area contributed by atoms with Crippen LogP contribution in [0.5, 0.6) is 5.75 Å². The van der Waals surface area contributed by atoms with E-state index in [4.69, 9.17) is 14.3 Å². The second kappa shape index (κ2) is 7.99. The molecule has 0 saturated heterocycles. The number of carboxylic acid groups (broad SMARTS) is 1. The minimum absolute atomic E-state index is 0.116. The average molecular weight is 403 g/mol. The van der Waals surface area contributed by atoms with Crippen LogP contribution in [-0.4, -0.2) is 16.1 Å². The predicted octanol–water partition coefficient (Wildman–Crippen LogP) is 4.55. The summed E-state index contributed by atoms with van der Waals surface area (Å²) >= 11 is 0. The van der Waals surface area contributed by atoms with Crippen LogP contribution in [0.4, 0.5) is 0 Å². The van der Waals surface area contributed by atoms with Crippen molar-refractivity contribution < 1.29 is 19.1 Å². The SMILES string of the molecule is Cc1c(CCC(=O)O)c(=O)oc2c(C)c(OCc3nccc4ccccc34)ccc12. The summed E-state index contributed by atoms with van der Waals surface area (Å²) in [7, 11) is 0. The third-order valence-corrected chi connectivity index (χ3v) is 5.36. The summed E-state index contributed by atoms with van der Waals surface area (Å²) in [6.07, 6.45) is 1.79. The Labute approximate surface area is 172 Å². The molecule has 1 N–H and O–H groups in total. The molecule has 0 fully saturated rings. The number of aromatic nitrogens is 1. The second-order valence-electron chi connectivity index (χ2n) is 7.22. The van der Waals surface area contributed by atoms with Crippen LogP contribution in [0.3, 0.4) is 0 Å². The average Bonchev–Trinajstić information content (AvgIpc) is 2.73. The van der Waals surface area contributed by atoms with E-state index in [1.54, 1.807) is 6.20 Å². The molecule has 4 rings (SSSR count). The molecular formula is C24H21NO5. The van der Waals surface area contributed by atoms with Crippen molar-refractivity contribution in [2.75, 3.05) is 0 Å². The Hall–Kier alpha value is -3.67. The van der Waals surface area contributed by atoms with Crippen LogP contribution in [0, 0.1) is 13.8 Å². The number of aliphatic carboxylic acids is 1. The molecule has 0 saturated carbocycles. The van der Waals surface area contributed by atoms with Crippen LogP contribution in [0.2, 0.25) is 0 Å². The van der Waals surface area contributed by atoms with Crippen molar-refractivity contribution in [3.8, 4) is 5.75 Å². The molecule has 0 unspecified atom stereocenters. The fraction of sp³-hybridized carbons (Fsp3) is 0.208. The minimum atomic E-state index is -0.948. The standard InChI is InChI=1S/C24H21NO5/c1-14-17-7-9-21(15(2)23(17)30-24(28)18(14)8-10-22(26)27)29-13-20-19-6-4-3-5-16(19)11-12-25-20/h3-7,9,11-12H,8,10,13H2,1-2H3,(H,26,27). The number of hydrogen-bond donors (Lipinski definition) is 1. The van der Waals surface area contributed by atoms with Crippen molar-refractivity contribution in [2.24, 2.45) is 0 Å². The van der Waals surface area contributed by atoms with Gasteiger partial charge in [-0.1, -0.05) is 24.3 Å². The molecule has 152 valence electrons. The molecule has 2 aromatic carbocycles. The highest BCUT2D eigenvalue weighted by atomic mass is 16.5. The molecule has 0 bridgehead atoms. The van der Waals surface area contributed by atoms with Gasteiger partial charge in [-0.3, -0.25) is 9.78 Å². The van der Waals surface area contributed by atoms with Crippen LogP contribution in [0.25, 0.3) is 21.7 Å². The molecule has 4 aromatic rings. The molecule has 0 amide bonds. The smallest absolute Gasteiger partial charge is 0.339 e. The Morgan fingerprint density at radius 3 is 2.67 bits per heavy atom. The molecule has 2 heterocycles. The van der Waals surface area contributed by atoms with Gasteiger partial charge in [0.1, 0.15) is 17.9 Å². The van der Waals surface area contributed by atoms with Crippen LogP contribution in [0.1, 0.15) is 28.8 Å². The Kier molecular flexibility index (Phi) is 5.23. The van der Waals surface area contributed by atoms with Gasteiger partial charge in [0.2, 0.25) is 0 Å². The molecule has 0 atom stereocenters. The van der Waals surface area contributed by atoms with Crippen molar-refractivity contribution >= 4 is 27.7 Å². The van der Waals surface area contributed by atoms with E-state index in [1.807, 2.05) is 56.3 Å². The fourth-order valence-electron chi connectivity index (χ4n) is 3.69. The van der Waals surface area contributed by atoms with Crippen molar-refractivity contribution in [1.82, 2.24) is 4.98 Å². The van der Waals surface area contributed by atoms with E-state index in [0.29, 0.717) is 16.9 Å². The number of fused-ring (bicyclic) bond motifs is 2. The lowest BCUT2D eigenvalue weighted by Gasteiger charge is -2.13. The molecule has 30 heavy (non-hydrogen) atoms. The van der Waals surface area contributed by atoms with E-state index in [-0.39, 0.29) is 19.4 Å². The van der Waals surface area contributed by atoms with E-state index in [0.717, 1.165) is 33.0 Å². The molecule has 0 aliphatic rings. The molecule has 0 radical (unpaired) electrons. The first-order valence-electron chi connectivity index (χ1n) is 9.69. The number of ether oxygens (including phenoxy) is 1. The number of aryl methyl sites for hydroxylation is 2. The van der Waals surface area contributed by atoms with Crippen molar-refractivity contribution in [3.05, 3.63) is 81.5 Å². The first-order valence-corrected chi connectivity index (χ1v) is 9.69. The zero-order valence-electron chi connectivity index (χ0n) is 16.8. The van der Waals surface area contributed by atoms with Gasteiger partial charge in [-0.05, 0) is 49.4 Å². The van der Waals surface area contributed by atoms with Gasteiger partial charge in [0.25, 0.3) is 0 Å². The Balaban J connectivity index is 1.67. The number of hydrogen-bond acceptors (Lipinski definition) is 5. The third kappa shape index (κ3) is 3.64. The van der Waals surface area contributed by atoms with Crippen LogP contribution < -0.4 is 10.4 Å². The molecule has 0 spiro atoms. The summed E-state index contributed by atoms with van der Waals surface area (Å²) in [5.41, 5.74) is 2.65. The van der Waals surface area contributed by atoms with E-state index in [9.17, 15) is 9.59 Å². The first kappa shape index (κ1) is 19.6. The van der Waals surface area contributed by atoms with Gasteiger partial charge in [-0.15, -0.1) is 0 Å². The largest absolute Gasteiger partial charge is 0.487 e. The highest BCUT2D eigenvalue weighted by Gasteiger charge is 2.16. The van der Waals surface area contributed by atoms with E-state index in [2.05, 4.69) is 4.98 Å². The van der Waals surface area contributed by atoms with Crippen LogP contribution >= 0.6 is 0 Å². The van der Waals surface area contributed by atoms with Crippen LogP contribution in [-0.2, 0) is 17.8 Å². The number of carboxylic acids is 1. The maximum atomic E-state index is 12.4. The Morgan fingerprint density at radius 2 is 1.87 bits per heavy atom. The zero-order valence-corrected chi connectivity index (χ0v) is 16.8. The highest BCUT2D eigenvalue weighted by Crippen LogP contribution is 2.30. The fourth-order valence-corrected chi connectivity index (χ4v) is 3.69. The number of pyridine rings is 1. The van der Waals surface area contributed by atoms with Crippen molar-refractivity contribution in [1.29, 1.82) is 0 Å². The van der Waals surface area contributed by atoms with Gasteiger partial charge in [0.05, 0.1) is 5.69 Å². The van der Waals surface area contributed by atoms with Gasteiger partial charge in [0.15, 0.2) is 0 Å². The highest BCUT2D eigenvalue weighted by molar-refractivity contribution is 5.86. The molecule has 6 nitrogen and oxygen atoms in total. The summed E-state index contributed by atoms with van der Waals surface area (Å²) in [6.45, 7) is 3.94. The van der Waals surface area contributed by atoms with E-state index >= 15 is 0 Å². The quantitative estimate of drug-likeness (QED) is 0.475. The minimum Gasteiger partial charge on any atom is -0.487 e. The van der Waals surface area contributed by atoms with Gasteiger partial charge >= 0.3 is 11.6 Å². The molecule has 0 aliphatic carbocycles. The van der Waals surface area contributed by atoms with Gasteiger partial charge < -0.3 is 14.3 Å². The monoisotopic (exact) mass is 403 g/mol. The van der Waals surface area contributed by atoms with Crippen molar-refractivity contribution in [2.45, 2.75) is 33.3 Å². The molecule has 0 aliphatic heterocycles. The zero-order chi connectivity index (χ0) is 21.3. The van der Waals surface area contributed by atoms with Crippen molar-refractivity contribution in [3.63, 3.8) is 0 Å². The van der Waals surface area contributed by atoms with Gasteiger partial charge in [0, 0.05) is 34.5 Å². The third-order valence-electron chi connectivity index (χ3n) is 5.36. The lowest BCUT2D eigenvalue weighted by Crippen LogP contribution is -2.13. The number of rotatable bonds is 6. The number of benzene rings is 2. The summed E-state index contributed by atoms with van der Waals surface area (Å²) < 4.78 is 11.6. The summed E-state index contributed by atoms with van der Waals surface area (Å²) in [5.74, 6) is -0.339. The number of carbonyl (C=O) groups is 1. The maximum Gasteiger partial charge on any atom is 0.339 e. The van der Waals surface area contributed by atoms with E-state index < -0.39 is 11.6 Å². The Bertz CT molecular complexity index is 1320. The first-order chi connectivity index (χ1) is 14.5. The summed E-state index contributed by atoms with van der Waals surface area (Å²) in [5, 5.41) is 11.8. The lowest BCUT2D eigenvalue weighted by molar-refractivity contribution is -0.136. The van der Waals surface area contributed by atoms with E-state index in [1.165, 1.54) is 0 Å². The normalized spacial score (nSPS) is 11.1. The van der Waals surface area contributed by atoms with Gasteiger partial charge in [-0.2, -0.15) is 0 Å². The van der Waals surface area contributed by atoms with Gasteiger partial charge in [-0.25, -0.2) is 4.79 Å². The topological polar surface area (TPSA) is 89.6 Å². The molecular weight excluding hydrogens is 382 g/mol.